The number of hydrogen-bond donors (Lipinski definition) is 3. The maximum Gasteiger partial charge on any atom is 0.270 e. The molecule has 0 bridgehead atoms. The van der Waals surface area contributed by atoms with E-state index in [4.69, 9.17) is 9.94 Å². The summed E-state index contributed by atoms with van der Waals surface area (Å²) < 4.78 is 33.4. The zero-order chi connectivity index (χ0) is 24.0. The number of nitrogens with one attached hydrogen (secondary N) is 2. The first-order valence-corrected chi connectivity index (χ1v) is 10.9. The van der Waals surface area contributed by atoms with Gasteiger partial charge in [-0.15, -0.1) is 0 Å². The van der Waals surface area contributed by atoms with Gasteiger partial charge in [0.15, 0.2) is 0 Å². The van der Waals surface area contributed by atoms with E-state index in [1.165, 1.54) is 42.9 Å². The fraction of sp³-hybridized carbons (Fsp3) is 0.0455. The van der Waals surface area contributed by atoms with E-state index in [1.54, 1.807) is 30.3 Å². The number of non-ortho nitro benzene ring substituents is 1. The van der Waals surface area contributed by atoms with Gasteiger partial charge in [-0.05, 0) is 41.5 Å². The Kier molecular flexibility index (Phi) is 7.06. The van der Waals surface area contributed by atoms with E-state index in [1.807, 2.05) is 0 Å². The Morgan fingerprint density at radius 1 is 1.06 bits per heavy atom. The van der Waals surface area contributed by atoms with Gasteiger partial charge in [-0.3, -0.25) is 24.8 Å². The highest BCUT2D eigenvalue weighted by molar-refractivity contribution is 7.92. The lowest BCUT2D eigenvalue weighted by molar-refractivity contribution is -0.384. The molecule has 0 atom stereocenters. The van der Waals surface area contributed by atoms with Crippen LogP contribution >= 0.6 is 0 Å². The van der Waals surface area contributed by atoms with Crippen molar-refractivity contribution in [3.63, 3.8) is 0 Å². The average Bonchev–Trinajstić information content (AvgIpc) is 2.83. The quantitative estimate of drug-likeness (QED) is 0.198. The van der Waals surface area contributed by atoms with Gasteiger partial charge in [0.05, 0.1) is 22.6 Å². The summed E-state index contributed by atoms with van der Waals surface area (Å²) in [6.45, 7) is 0. The molecule has 10 nitrogen and oxygen atoms in total. The van der Waals surface area contributed by atoms with Gasteiger partial charge in [0.2, 0.25) is 0 Å². The molecule has 0 aliphatic rings. The number of carbonyl (C=O) groups is 1. The van der Waals surface area contributed by atoms with Gasteiger partial charge in [-0.1, -0.05) is 30.3 Å². The summed E-state index contributed by atoms with van der Waals surface area (Å²) in [6, 6.07) is 17.5. The lowest BCUT2D eigenvalue weighted by Gasteiger charge is -2.16. The molecule has 0 aromatic heterocycles. The summed E-state index contributed by atoms with van der Waals surface area (Å²) in [5.41, 5.74) is 1.84. The lowest BCUT2D eigenvalue weighted by Crippen LogP contribution is -2.17. The van der Waals surface area contributed by atoms with Crippen molar-refractivity contribution in [1.29, 1.82) is 0 Å². The van der Waals surface area contributed by atoms with Crippen LogP contribution in [0.4, 0.5) is 11.4 Å². The Hall–Kier alpha value is -4.22. The lowest BCUT2D eigenvalue weighted by atomic mass is 9.95. The number of ether oxygens (including phenoxy) is 1. The Labute approximate surface area is 189 Å². The van der Waals surface area contributed by atoms with Crippen molar-refractivity contribution in [2.45, 2.75) is 4.90 Å². The predicted molar refractivity (Wildman–Crippen MR) is 120 cm³/mol. The number of rotatable bonds is 8. The summed E-state index contributed by atoms with van der Waals surface area (Å²) in [4.78, 5) is 22.6. The van der Waals surface area contributed by atoms with Crippen LogP contribution in [0.1, 0.15) is 11.1 Å². The van der Waals surface area contributed by atoms with Crippen molar-refractivity contribution in [3.05, 3.63) is 100 Å². The van der Waals surface area contributed by atoms with Gasteiger partial charge >= 0.3 is 0 Å². The molecule has 0 fully saturated rings. The van der Waals surface area contributed by atoms with Gasteiger partial charge in [0, 0.05) is 23.8 Å². The number of hydroxylamine groups is 1. The van der Waals surface area contributed by atoms with Crippen LogP contribution in [0.2, 0.25) is 0 Å². The number of carbonyl (C=O) groups excluding carboxylic acids is 1. The van der Waals surface area contributed by atoms with E-state index in [9.17, 15) is 23.3 Å². The number of amides is 1. The number of benzene rings is 3. The normalized spacial score (nSPS) is 11.5. The first kappa shape index (κ1) is 23.4. The first-order valence-electron chi connectivity index (χ1n) is 9.42. The summed E-state index contributed by atoms with van der Waals surface area (Å²) in [7, 11) is -2.65. The van der Waals surface area contributed by atoms with E-state index in [-0.39, 0.29) is 27.4 Å². The minimum Gasteiger partial charge on any atom is -0.497 e. The number of nitro groups is 1. The number of methoxy groups -OCH3 is 1. The van der Waals surface area contributed by atoms with Crippen LogP contribution in [0.3, 0.4) is 0 Å². The highest BCUT2D eigenvalue weighted by atomic mass is 32.2. The second-order valence-corrected chi connectivity index (χ2v) is 8.35. The minimum atomic E-state index is -4.10. The van der Waals surface area contributed by atoms with Crippen molar-refractivity contribution >= 4 is 32.9 Å². The van der Waals surface area contributed by atoms with Crippen molar-refractivity contribution in [1.82, 2.24) is 5.48 Å². The first-order chi connectivity index (χ1) is 15.7. The van der Waals surface area contributed by atoms with Crippen LogP contribution in [-0.4, -0.2) is 31.6 Å². The number of nitrogens with zero attached hydrogens (tertiary/aromatic N) is 1. The van der Waals surface area contributed by atoms with E-state index >= 15 is 0 Å². The Balaban J connectivity index is 2.17. The van der Waals surface area contributed by atoms with Crippen LogP contribution in [0.25, 0.3) is 5.57 Å². The number of anilines is 1. The number of sulfonamides is 1. The average molecular weight is 469 g/mol. The van der Waals surface area contributed by atoms with E-state index in [0.717, 1.165) is 18.2 Å². The molecule has 0 aliphatic heterocycles. The Bertz CT molecular complexity index is 1310. The minimum absolute atomic E-state index is 0.00254. The molecule has 0 radical (unpaired) electrons. The van der Waals surface area contributed by atoms with Crippen LogP contribution in [0.15, 0.2) is 83.8 Å². The van der Waals surface area contributed by atoms with Gasteiger partial charge in [0.25, 0.3) is 21.6 Å². The van der Waals surface area contributed by atoms with E-state index < -0.39 is 20.9 Å². The zero-order valence-corrected chi connectivity index (χ0v) is 18.1. The second kappa shape index (κ2) is 9.94. The standard InChI is InChI=1S/C22H19N3O7S/c1-32-17-8-10-18(11-9-17)33(30,31)24-21-12-7-16(25(28)29)13-20(21)19(14-22(26)23-27)15-5-3-2-4-6-15/h2-14,24,27H,1H3,(H,23,26). The number of hydrogen-bond acceptors (Lipinski definition) is 7. The molecule has 170 valence electrons. The molecule has 0 heterocycles. The Morgan fingerprint density at radius 2 is 1.73 bits per heavy atom. The maximum absolute atomic E-state index is 13.0. The molecule has 0 spiro atoms. The Morgan fingerprint density at radius 3 is 2.30 bits per heavy atom. The summed E-state index contributed by atoms with van der Waals surface area (Å²) >= 11 is 0. The fourth-order valence-corrected chi connectivity index (χ4v) is 4.09. The highest BCUT2D eigenvalue weighted by Crippen LogP contribution is 2.34. The van der Waals surface area contributed by atoms with Crippen molar-refractivity contribution in [2.75, 3.05) is 11.8 Å². The van der Waals surface area contributed by atoms with Crippen LogP contribution in [0, 0.1) is 10.1 Å². The molecule has 3 aromatic rings. The monoisotopic (exact) mass is 469 g/mol. The summed E-state index contributed by atoms with van der Waals surface area (Å²) in [5.74, 6) is -0.432. The van der Waals surface area contributed by atoms with Crippen molar-refractivity contribution < 1.29 is 28.1 Å². The fourth-order valence-electron chi connectivity index (χ4n) is 3.01. The van der Waals surface area contributed by atoms with Crippen molar-refractivity contribution in [2.24, 2.45) is 0 Å². The third-order valence-corrected chi connectivity index (χ3v) is 5.97. The molecule has 0 unspecified atom stereocenters. The molecule has 1 amide bonds. The van der Waals surface area contributed by atoms with E-state index in [0.29, 0.717) is 11.3 Å². The molecule has 3 N–H and O–H groups in total. The zero-order valence-electron chi connectivity index (χ0n) is 17.3. The second-order valence-electron chi connectivity index (χ2n) is 6.67. The molecule has 33 heavy (non-hydrogen) atoms. The number of nitro benzene ring substituents is 1. The summed E-state index contributed by atoms with van der Waals surface area (Å²) in [6.07, 6.45) is 1.01. The SMILES string of the molecule is COc1ccc(S(=O)(=O)Nc2ccc([N+](=O)[O-])cc2C(=CC(=O)NO)c2ccccc2)cc1. The van der Waals surface area contributed by atoms with Crippen LogP contribution in [-0.2, 0) is 14.8 Å². The third-order valence-electron chi connectivity index (χ3n) is 4.59. The highest BCUT2D eigenvalue weighted by Gasteiger charge is 2.21. The molecule has 0 saturated carbocycles. The van der Waals surface area contributed by atoms with Crippen LogP contribution < -0.4 is 14.9 Å². The van der Waals surface area contributed by atoms with E-state index in [2.05, 4.69) is 4.72 Å². The van der Waals surface area contributed by atoms with Gasteiger partial charge in [-0.2, -0.15) is 0 Å². The molecule has 11 heteroatoms. The topological polar surface area (TPSA) is 148 Å². The molecule has 0 aliphatic carbocycles. The molecular formula is C22H19N3O7S. The maximum atomic E-state index is 13.0. The van der Waals surface area contributed by atoms with Crippen molar-refractivity contribution in [3.8, 4) is 5.75 Å². The summed E-state index contributed by atoms with van der Waals surface area (Å²) in [5, 5.41) is 20.4. The molecule has 0 saturated heterocycles. The third kappa shape index (κ3) is 5.53. The van der Waals surface area contributed by atoms with Crippen LogP contribution in [0.5, 0.6) is 5.75 Å². The van der Waals surface area contributed by atoms with Gasteiger partial charge in [-0.25, -0.2) is 13.9 Å². The van der Waals surface area contributed by atoms with Gasteiger partial charge in [0.1, 0.15) is 5.75 Å². The molecule has 3 rings (SSSR count). The predicted octanol–water partition coefficient (Wildman–Crippen LogP) is 3.34. The molecular weight excluding hydrogens is 450 g/mol. The molecule has 3 aromatic carbocycles. The largest absolute Gasteiger partial charge is 0.497 e. The van der Waals surface area contributed by atoms with Gasteiger partial charge < -0.3 is 4.74 Å². The smallest absolute Gasteiger partial charge is 0.270 e.